The van der Waals surface area contributed by atoms with Gasteiger partial charge in [0.2, 0.25) is 0 Å². The fourth-order valence-electron chi connectivity index (χ4n) is 0.959. The first kappa shape index (κ1) is 13.2. The van der Waals surface area contributed by atoms with Gasteiger partial charge in [0.15, 0.2) is 10.9 Å². The van der Waals surface area contributed by atoms with Crippen molar-refractivity contribution in [1.29, 1.82) is 0 Å². The van der Waals surface area contributed by atoms with E-state index in [1.165, 1.54) is 18.0 Å². The van der Waals surface area contributed by atoms with E-state index < -0.39 is 0 Å². The third kappa shape index (κ3) is 3.62. The van der Waals surface area contributed by atoms with Crippen LogP contribution in [-0.4, -0.2) is 42.4 Å². The standard InChI is InChI=1S/C9H12ClN3O2S/c1-15-4-3-11-8(14)7-6(10)5-12-9(13-7)16-2/h5H,3-4H2,1-2H3,(H,11,14). The summed E-state index contributed by atoms with van der Waals surface area (Å²) in [6, 6.07) is 0. The van der Waals surface area contributed by atoms with E-state index in [0.717, 1.165) is 0 Å². The molecule has 0 radical (unpaired) electrons. The maximum absolute atomic E-state index is 11.7. The van der Waals surface area contributed by atoms with Gasteiger partial charge in [0.25, 0.3) is 5.91 Å². The van der Waals surface area contributed by atoms with Gasteiger partial charge in [0.1, 0.15) is 0 Å². The van der Waals surface area contributed by atoms with Gasteiger partial charge in [-0.1, -0.05) is 23.4 Å². The number of nitrogens with one attached hydrogen (secondary N) is 1. The largest absolute Gasteiger partial charge is 0.383 e. The van der Waals surface area contributed by atoms with Gasteiger partial charge < -0.3 is 10.1 Å². The number of ether oxygens (including phenoxy) is 1. The first-order valence-corrected chi connectivity index (χ1v) is 6.13. The van der Waals surface area contributed by atoms with Gasteiger partial charge in [0, 0.05) is 13.7 Å². The van der Waals surface area contributed by atoms with Crippen LogP contribution in [0.2, 0.25) is 5.02 Å². The molecule has 1 N–H and O–H groups in total. The molecular formula is C9H12ClN3O2S. The van der Waals surface area contributed by atoms with Crippen molar-refractivity contribution in [3.8, 4) is 0 Å². The average molecular weight is 262 g/mol. The van der Waals surface area contributed by atoms with Crippen molar-refractivity contribution in [2.45, 2.75) is 5.16 Å². The molecule has 0 aliphatic rings. The van der Waals surface area contributed by atoms with Crippen LogP contribution in [0, 0.1) is 0 Å². The highest BCUT2D eigenvalue weighted by Gasteiger charge is 2.13. The molecular weight excluding hydrogens is 250 g/mol. The van der Waals surface area contributed by atoms with Crippen molar-refractivity contribution in [2.75, 3.05) is 26.5 Å². The Hall–Kier alpha value is -0.850. The second kappa shape index (κ2) is 6.67. The lowest BCUT2D eigenvalue weighted by Gasteiger charge is -2.05. The Morgan fingerprint density at radius 2 is 2.44 bits per heavy atom. The second-order valence-corrected chi connectivity index (χ2v) is 3.98. The fourth-order valence-corrected chi connectivity index (χ4v) is 1.48. The van der Waals surface area contributed by atoms with Crippen molar-refractivity contribution >= 4 is 29.3 Å². The van der Waals surface area contributed by atoms with Crippen LogP contribution in [0.3, 0.4) is 0 Å². The molecule has 0 aliphatic carbocycles. The number of aromatic nitrogens is 2. The lowest BCUT2D eigenvalue weighted by Crippen LogP contribution is -2.28. The first-order valence-electron chi connectivity index (χ1n) is 4.52. The molecule has 7 heteroatoms. The minimum absolute atomic E-state index is 0.192. The van der Waals surface area contributed by atoms with Crippen LogP contribution in [0.25, 0.3) is 0 Å². The predicted octanol–water partition coefficient (Wildman–Crippen LogP) is 1.23. The Kier molecular flexibility index (Phi) is 5.51. The van der Waals surface area contributed by atoms with Gasteiger partial charge in [-0.3, -0.25) is 4.79 Å². The number of methoxy groups -OCH3 is 1. The Bertz CT molecular complexity index is 376. The molecule has 1 aromatic rings. The van der Waals surface area contributed by atoms with Gasteiger partial charge >= 0.3 is 0 Å². The summed E-state index contributed by atoms with van der Waals surface area (Å²) < 4.78 is 4.82. The Balaban J connectivity index is 2.73. The molecule has 16 heavy (non-hydrogen) atoms. The predicted molar refractivity (Wildman–Crippen MR) is 63.0 cm³/mol. The molecule has 0 atom stereocenters. The monoisotopic (exact) mass is 261 g/mol. The summed E-state index contributed by atoms with van der Waals surface area (Å²) in [5, 5.41) is 3.40. The highest BCUT2D eigenvalue weighted by molar-refractivity contribution is 7.98. The van der Waals surface area contributed by atoms with E-state index in [-0.39, 0.29) is 16.6 Å². The minimum atomic E-state index is -0.320. The molecule has 0 spiro atoms. The number of nitrogens with zero attached hydrogens (tertiary/aromatic N) is 2. The lowest BCUT2D eigenvalue weighted by molar-refractivity contribution is 0.0931. The van der Waals surface area contributed by atoms with Gasteiger partial charge in [-0.2, -0.15) is 0 Å². The Labute approximate surface area is 103 Å². The number of amides is 1. The topological polar surface area (TPSA) is 64.1 Å². The Morgan fingerprint density at radius 1 is 1.69 bits per heavy atom. The summed E-state index contributed by atoms with van der Waals surface area (Å²) in [6.45, 7) is 0.869. The number of thioether (sulfide) groups is 1. The molecule has 1 heterocycles. The molecule has 88 valence electrons. The number of halogens is 1. The first-order chi connectivity index (χ1) is 7.69. The van der Waals surface area contributed by atoms with Crippen molar-refractivity contribution < 1.29 is 9.53 Å². The third-order valence-corrected chi connectivity index (χ3v) is 2.55. The second-order valence-electron chi connectivity index (χ2n) is 2.80. The van der Waals surface area contributed by atoms with Crippen LogP contribution in [0.4, 0.5) is 0 Å². The molecule has 0 aromatic carbocycles. The zero-order chi connectivity index (χ0) is 12.0. The molecule has 5 nitrogen and oxygen atoms in total. The molecule has 1 aromatic heterocycles. The van der Waals surface area contributed by atoms with Crippen LogP contribution < -0.4 is 5.32 Å². The van der Waals surface area contributed by atoms with Crippen LogP contribution in [0.15, 0.2) is 11.4 Å². The van der Waals surface area contributed by atoms with E-state index in [4.69, 9.17) is 16.3 Å². The number of rotatable bonds is 5. The van der Waals surface area contributed by atoms with Crippen LogP contribution in [0.1, 0.15) is 10.5 Å². The van der Waals surface area contributed by atoms with Gasteiger partial charge in [-0.15, -0.1) is 0 Å². The number of carbonyl (C=O) groups excluding carboxylic acids is 1. The SMILES string of the molecule is COCCNC(=O)c1nc(SC)ncc1Cl. The van der Waals surface area contributed by atoms with E-state index in [1.54, 1.807) is 7.11 Å². The fraction of sp³-hybridized carbons (Fsp3) is 0.444. The minimum Gasteiger partial charge on any atom is -0.383 e. The zero-order valence-electron chi connectivity index (χ0n) is 8.99. The normalized spacial score (nSPS) is 10.2. The third-order valence-electron chi connectivity index (χ3n) is 1.71. The van der Waals surface area contributed by atoms with Crippen molar-refractivity contribution in [1.82, 2.24) is 15.3 Å². The van der Waals surface area contributed by atoms with E-state index in [9.17, 15) is 4.79 Å². The maximum Gasteiger partial charge on any atom is 0.271 e. The molecule has 0 fully saturated rings. The molecule has 0 saturated heterocycles. The van der Waals surface area contributed by atoms with Crippen LogP contribution >= 0.6 is 23.4 Å². The smallest absolute Gasteiger partial charge is 0.271 e. The molecule has 0 aliphatic heterocycles. The molecule has 0 unspecified atom stereocenters. The maximum atomic E-state index is 11.7. The summed E-state index contributed by atoms with van der Waals surface area (Å²) in [6.07, 6.45) is 3.25. The van der Waals surface area contributed by atoms with E-state index >= 15 is 0 Å². The summed E-state index contributed by atoms with van der Waals surface area (Å²) in [5.41, 5.74) is 0.192. The van der Waals surface area contributed by atoms with Gasteiger partial charge in [-0.25, -0.2) is 9.97 Å². The average Bonchev–Trinajstić information content (AvgIpc) is 2.30. The Morgan fingerprint density at radius 3 is 3.06 bits per heavy atom. The quantitative estimate of drug-likeness (QED) is 0.491. The zero-order valence-corrected chi connectivity index (χ0v) is 10.6. The summed E-state index contributed by atoms with van der Waals surface area (Å²) in [5.74, 6) is -0.320. The number of carbonyl (C=O) groups is 1. The summed E-state index contributed by atoms with van der Waals surface area (Å²) in [7, 11) is 1.57. The summed E-state index contributed by atoms with van der Waals surface area (Å²) >= 11 is 7.19. The highest BCUT2D eigenvalue weighted by atomic mass is 35.5. The van der Waals surface area contributed by atoms with Crippen molar-refractivity contribution in [3.63, 3.8) is 0 Å². The molecule has 1 amide bonds. The van der Waals surface area contributed by atoms with Gasteiger partial charge in [0.05, 0.1) is 17.8 Å². The van der Waals surface area contributed by atoms with E-state index in [0.29, 0.717) is 18.3 Å². The van der Waals surface area contributed by atoms with Crippen molar-refractivity contribution in [3.05, 3.63) is 16.9 Å². The van der Waals surface area contributed by atoms with Crippen LogP contribution in [0.5, 0.6) is 0 Å². The number of hydrogen-bond donors (Lipinski definition) is 1. The molecule has 0 bridgehead atoms. The van der Waals surface area contributed by atoms with E-state index in [2.05, 4.69) is 15.3 Å². The summed E-state index contributed by atoms with van der Waals surface area (Å²) in [4.78, 5) is 19.6. The molecule has 1 rings (SSSR count). The van der Waals surface area contributed by atoms with Crippen molar-refractivity contribution in [2.24, 2.45) is 0 Å². The van der Waals surface area contributed by atoms with E-state index in [1.807, 2.05) is 6.26 Å². The van der Waals surface area contributed by atoms with Gasteiger partial charge in [-0.05, 0) is 6.26 Å². The lowest BCUT2D eigenvalue weighted by atomic mass is 10.4. The molecule has 0 saturated carbocycles. The van der Waals surface area contributed by atoms with Crippen LogP contribution in [-0.2, 0) is 4.74 Å². The highest BCUT2D eigenvalue weighted by Crippen LogP contribution is 2.16. The number of hydrogen-bond acceptors (Lipinski definition) is 5.